The van der Waals surface area contributed by atoms with Gasteiger partial charge in [0.1, 0.15) is 37.4 Å². The summed E-state index contributed by atoms with van der Waals surface area (Å²) in [5.41, 5.74) is 0.694. The molecule has 0 bridgehead atoms. The summed E-state index contributed by atoms with van der Waals surface area (Å²) < 4.78 is 27.5. The van der Waals surface area contributed by atoms with E-state index in [0.717, 1.165) is 14.2 Å². The third kappa shape index (κ3) is 16.7. The van der Waals surface area contributed by atoms with E-state index in [1.54, 1.807) is 44.2 Å². The maximum Gasteiger partial charge on any atom is 0.408 e. The smallest absolute Gasteiger partial charge is 0.408 e. The van der Waals surface area contributed by atoms with Crippen molar-refractivity contribution in [3.8, 4) is 0 Å². The standard InChI is InChI=1S/C33H45FN4O12/c1-20(2)15-26(38-33(47)50-19-21-9-6-5-7-10-21)32(46)36-24(14-13-22(40)18-39)31(45)35-23(11-8-12-28(42)48-3)30(44)37-25(27(41)17-34)16-29(43)49-4/h5-7,9-10,18,20,23-26H,8,11-17,19H2,1-4H3,(H,35,45)(H,36,46)(H,37,44)(H,38,47)/t23-,24-,25-,26-/m0/s1. The van der Waals surface area contributed by atoms with Crippen molar-refractivity contribution in [2.24, 2.45) is 5.92 Å². The summed E-state index contributed by atoms with van der Waals surface area (Å²) in [6.07, 6.45) is -2.78. The average Bonchev–Trinajstić information content (AvgIpc) is 3.10. The first-order valence-corrected chi connectivity index (χ1v) is 15.8. The molecule has 0 saturated heterocycles. The molecule has 1 aromatic rings. The van der Waals surface area contributed by atoms with Crippen LogP contribution in [0.25, 0.3) is 0 Å². The number of amides is 4. The molecule has 4 N–H and O–H groups in total. The van der Waals surface area contributed by atoms with Crippen molar-refractivity contribution in [1.29, 1.82) is 0 Å². The number of methoxy groups -OCH3 is 2. The van der Waals surface area contributed by atoms with Gasteiger partial charge in [-0.2, -0.15) is 0 Å². The summed E-state index contributed by atoms with van der Waals surface area (Å²) in [5, 5.41) is 9.51. The summed E-state index contributed by atoms with van der Waals surface area (Å²) in [6.45, 7) is 1.95. The number of carbonyl (C=O) groups is 9. The van der Waals surface area contributed by atoms with Gasteiger partial charge in [0, 0.05) is 12.8 Å². The van der Waals surface area contributed by atoms with Gasteiger partial charge in [0.15, 0.2) is 17.9 Å². The number of carbonyl (C=O) groups excluding carboxylic acids is 9. The van der Waals surface area contributed by atoms with Crippen molar-refractivity contribution >= 4 is 53.6 Å². The second-order valence-corrected chi connectivity index (χ2v) is 11.5. The predicted octanol–water partition coefficient (Wildman–Crippen LogP) is 0.775. The minimum absolute atomic E-state index is 0.0180. The molecule has 0 heterocycles. The van der Waals surface area contributed by atoms with E-state index in [0.29, 0.717) is 5.56 Å². The van der Waals surface area contributed by atoms with E-state index in [9.17, 15) is 47.5 Å². The summed E-state index contributed by atoms with van der Waals surface area (Å²) in [5.74, 6) is -6.60. The topological polar surface area (TPSA) is 229 Å². The van der Waals surface area contributed by atoms with Gasteiger partial charge in [0.25, 0.3) is 0 Å². The number of hydrogen-bond donors (Lipinski definition) is 4. The van der Waals surface area contributed by atoms with Crippen LogP contribution in [0.3, 0.4) is 0 Å². The monoisotopic (exact) mass is 708 g/mol. The fourth-order valence-corrected chi connectivity index (χ4v) is 4.45. The van der Waals surface area contributed by atoms with Crippen LogP contribution < -0.4 is 21.3 Å². The normalized spacial score (nSPS) is 13.0. The van der Waals surface area contributed by atoms with E-state index in [-0.39, 0.29) is 44.5 Å². The van der Waals surface area contributed by atoms with Crippen LogP contribution in [0.2, 0.25) is 0 Å². The van der Waals surface area contributed by atoms with Gasteiger partial charge in [0.2, 0.25) is 17.7 Å². The number of alkyl halides is 1. The lowest BCUT2D eigenvalue weighted by Crippen LogP contribution is -2.58. The van der Waals surface area contributed by atoms with E-state index in [1.165, 1.54) is 0 Å². The zero-order valence-electron chi connectivity index (χ0n) is 28.5. The van der Waals surface area contributed by atoms with Crippen molar-refractivity contribution in [3.63, 3.8) is 0 Å². The quantitative estimate of drug-likeness (QED) is 0.0535. The van der Waals surface area contributed by atoms with Crippen molar-refractivity contribution in [1.82, 2.24) is 21.3 Å². The molecule has 0 aliphatic rings. The van der Waals surface area contributed by atoms with Crippen molar-refractivity contribution < 1.29 is 61.8 Å². The molecule has 1 rings (SSSR count). The Bertz CT molecular complexity index is 1340. The van der Waals surface area contributed by atoms with E-state index in [4.69, 9.17) is 4.74 Å². The van der Waals surface area contributed by atoms with Crippen LogP contribution in [0.15, 0.2) is 30.3 Å². The Balaban J connectivity index is 3.25. The van der Waals surface area contributed by atoms with E-state index in [1.807, 2.05) is 0 Å². The Morgan fingerprint density at radius 2 is 1.30 bits per heavy atom. The number of hydrogen-bond acceptors (Lipinski definition) is 12. The lowest BCUT2D eigenvalue weighted by molar-refractivity contribution is -0.144. The minimum Gasteiger partial charge on any atom is -0.469 e. The fraction of sp³-hybridized carbons (Fsp3) is 0.545. The molecule has 0 aromatic heterocycles. The Hall–Kier alpha value is -5.22. The number of ketones is 2. The zero-order chi connectivity index (χ0) is 37.6. The Kier molecular flexibility index (Phi) is 19.9. The van der Waals surface area contributed by atoms with Gasteiger partial charge in [-0.1, -0.05) is 44.2 Å². The third-order valence-electron chi connectivity index (χ3n) is 7.14. The number of Topliss-reactive ketones (excluding diaryl/α,β-unsaturated/α-hetero) is 2. The zero-order valence-corrected chi connectivity index (χ0v) is 28.5. The lowest BCUT2D eigenvalue weighted by atomic mass is 10.0. The van der Waals surface area contributed by atoms with Gasteiger partial charge < -0.3 is 35.5 Å². The molecule has 276 valence electrons. The number of alkyl carbamates (subject to hydrolysis) is 1. The SMILES string of the molecule is COC(=O)CCC[C@H](NC(=O)[C@H](CCC(=O)C=O)NC(=O)[C@H](CC(C)C)NC(=O)OCc1ccccc1)C(=O)N[C@@H](CC(=O)OC)C(=O)CF. The molecule has 16 nitrogen and oxygen atoms in total. The van der Waals surface area contributed by atoms with Gasteiger partial charge in [-0.15, -0.1) is 0 Å². The molecular weight excluding hydrogens is 663 g/mol. The largest absolute Gasteiger partial charge is 0.469 e. The van der Waals surface area contributed by atoms with Crippen LogP contribution in [0.1, 0.15) is 64.4 Å². The Morgan fingerprint density at radius 3 is 1.84 bits per heavy atom. The molecule has 0 radical (unpaired) electrons. The van der Waals surface area contributed by atoms with Crippen molar-refractivity contribution in [2.75, 3.05) is 20.9 Å². The van der Waals surface area contributed by atoms with Crippen LogP contribution in [0, 0.1) is 5.92 Å². The summed E-state index contributed by atoms with van der Waals surface area (Å²) in [6, 6.07) is 2.87. The first-order chi connectivity index (χ1) is 23.7. The van der Waals surface area contributed by atoms with Crippen LogP contribution in [0.5, 0.6) is 0 Å². The minimum atomic E-state index is -1.65. The lowest BCUT2D eigenvalue weighted by Gasteiger charge is -2.26. The maximum atomic E-state index is 13.6. The highest BCUT2D eigenvalue weighted by Gasteiger charge is 2.32. The van der Waals surface area contributed by atoms with Crippen LogP contribution in [0.4, 0.5) is 9.18 Å². The second kappa shape index (κ2) is 23.2. The molecular formula is C33H45FN4O12. The predicted molar refractivity (Wildman–Crippen MR) is 173 cm³/mol. The van der Waals surface area contributed by atoms with Crippen LogP contribution >= 0.6 is 0 Å². The number of halogens is 1. The highest BCUT2D eigenvalue weighted by Crippen LogP contribution is 2.10. The molecule has 1 aromatic carbocycles. The summed E-state index contributed by atoms with van der Waals surface area (Å²) in [4.78, 5) is 111. The number of nitrogens with one attached hydrogen (secondary N) is 4. The van der Waals surface area contributed by atoms with Gasteiger partial charge in [0.05, 0.1) is 20.6 Å². The van der Waals surface area contributed by atoms with Crippen LogP contribution in [-0.2, 0) is 59.2 Å². The van der Waals surface area contributed by atoms with Crippen molar-refractivity contribution in [2.45, 2.75) is 89.6 Å². The first-order valence-electron chi connectivity index (χ1n) is 15.8. The second-order valence-electron chi connectivity index (χ2n) is 11.5. The molecule has 0 saturated carbocycles. The van der Waals surface area contributed by atoms with Gasteiger partial charge in [-0.3, -0.25) is 38.4 Å². The Labute approximate surface area is 288 Å². The third-order valence-corrected chi connectivity index (χ3v) is 7.14. The molecule has 0 fully saturated rings. The molecule has 0 aliphatic carbocycles. The average molecular weight is 709 g/mol. The molecule has 0 aliphatic heterocycles. The van der Waals surface area contributed by atoms with E-state index < -0.39 is 97.4 Å². The molecule has 17 heteroatoms. The van der Waals surface area contributed by atoms with Gasteiger partial charge >= 0.3 is 18.0 Å². The highest BCUT2D eigenvalue weighted by molar-refractivity contribution is 6.24. The number of rotatable bonds is 23. The fourth-order valence-electron chi connectivity index (χ4n) is 4.45. The van der Waals surface area contributed by atoms with Gasteiger partial charge in [-0.05, 0) is 37.2 Å². The maximum absolute atomic E-state index is 13.6. The number of benzene rings is 1. The number of aldehydes is 1. The highest BCUT2D eigenvalue weighted by atomic mass is 19.1. The van der Waals surface area contributed by atoms with Crippen molar-refractivity contribution in [3.05, 3.63) is 35.9 Å². The van der Waals surface area contributed by atoms with Crippen LogP contribution in [-0.4, -0.2) is 98.7 Å². The van der Waals surface area contributed by atoms with E-state index >= 15 is 0 Å². The summed E-state index contributed by atoms with van der Waals surface area (Å²) in [7, 11) is 2.17. The molecule has 0 spiro atoms. The number of ether oxygens (including phenoxy) is 3. The molecule has 0 unspecified atom stereocenters. The summed E-state index contributed by atoms with van der Waals surface area (Å²) >= 11 is 0. The number of esters is 2. The van der Waals surface area contributed by atoms with E-state index in [2.05, 4.69) is 30.7 Å². The Morgan fingerprint density at radius 1 is 0.740 bits per heavy atom. The molecule has 4 atom stereocenters. The first kappa shape index (κ1) is 42.8. The molecule has 4 amide bonds. The molecule has 50 heavy (non-hydrogen) atoms. The van der Waals surface area contributed by atoms with Gasteiger partial charge in [-0.25, -0.2) is 9.18 Å².